The molecule has 0 aliphatic rings. The van der Waals surface area contributed by atoms with E-state index in [1.807, 2.05) is 0 Å². The lowest BCUT2D eigenvalue weighted by molar-refractivity contribution is -0.758. The first kappa shape index (κ1) is 19.9. The molecule has 2 heterocycles. The van der Waals surface area contributed by atoms with E-state index in [-0.39, 0.29) is 28.2 Å². The molecule has 3 rings (SSSR count). The number of rotatable bonds is 8. The minimum absolute atomic E-state index is 0.0724. The van der Waals surface area contributed by atoms with Gasteiger partial charge in [0.25, 0.3) is 27.3 Å². The van der Waals surface area contributed by atoms with Crippen molar-refractivity contribution in [2.24, 2.45) is 5.34 Å². The Hall–Kier alpha value is -3.90. The Balaban J connectivity index is 2.21. The third-order valence-electron chi connectivity index (χ3n) is 4.63. The number of hydrogen-bond donors (Lipinski definition) is 0. The molecule has 0 saturated carbocycles. The molecule has 0 radical (unpaired) electrons. The molecule has 2 atom stereocenters. The maximum Gasteiger partial charge on any atom is 0.294 e. The molecule has 0 aliphatic carbocycles. The van der Waals surface area contributed by atoms with Crippen molar-refractivity contribution in [2.75, 3.05) is 13.2 Å². The van der Waals surface area contributed by atoms with Gasteiger partial charge < -0.3 is 9.68 Å². The van der Waals surface area contributed by atoms with Gasteiger partial charge in [-0.25, -0.2) is 0 Å². The van der Waals surface area contributed by atoms with Gasteiger partial charge >= 0.3 is 0 Å². The van der Waals surface area contributed by atoms with Gasteiger partial charge in [-0.1, -0.05) is 0 Å². The molecule has 0 N–H and O–H groups in total. The largest absolute Gasteiger partial charge is 0.362 e. The molecule has 13 nitrogen and oxygen atoms in total. The second-order valence-electron chi connectivity index (χ2n) is 6.49. The zero-order chi connectivity index (χ0) is 21.5. The van der Waals surface area contributed by atoms with Crippen LogP contribution in [-0.4, -0.2) is 27.4 Å². The summed E-state index contributed by atoms with van der Waals surface area (Å²) in [6, 6.07) is 0.547. The summed E-state index contributed by atoms with van der Waals surface area (Å²) in [5.41, 5.74) is -2.93. The highest BCUT2D eigenvalue weighted by Crippen LogP contribution is 2.17. The molecule has 1 aromatic carbocycles. The average molecular weight is 406 g/mol. The predicted molar refractivity (Wildman–Crippen MR) is 99.0 cm³/mol. The Bertz CT molecular complexity index is 1250. The minimum atomic E-state index is -1.04. The molecular weight excluding hydrogens is 392 g/mol. The molecular formula is C16H14N4O9. The van der Waals surface area contributed by atoms with Crippen molar-refractivity contribution in [1.29, 1.82) is 0 Å². The van der Waals surface area contributed by atoms with Crippen molar-refractivity contribution in [3.63, 3.8) is 0 Å². The molecule has 0 fully saturated rings. The standard InChI is InChI=1S/C16H14N4O9/c1-7(5-28-17-25)18-13(21)9-3-11-12(4-10(9)14(18)22)16(24)19(15(11)23)8(2)6-29-20(26)27/h3-4,7-8H,5-6H2,1-2H3. The van der Waals surface area contributed by atoms with Gasteiger partial charge in [-0.05, 0) is 26.0 Å². The zero-order valence-corrected chi connectivity index (χ0v) is 15.2. The van der Waals surface area contributed by atoms with Crippen molar-refractivity contribution in [3.8, 4) is 0 Å². The van der Waals surface area contributed by atoms with Gasteiger partial charge in [-0.15, -0.1) is 15.0 Å². The highest BCUT2D eigenvalue weighted by Gasteiger charge is 2.23. The van der Waals surface area contributed by atoms with E-state index in [1.54, 1.807) is 0 Å². The summed E-state index contributed by atoms with van der Waals surface area (Å²) in [5, 5.41) is 11.2. The first-order valence-corrected chi connectivity index (χ1v) is 8.34. The fraction of sp³-hybridized carbons (Fsp3) is 0.375. The van der Waals surface area contributed by atoms with Gasteiger partial charge in [0.05, 0.1) is 33.6 Å². The van der Waals surface area contributed by atoms with Crippen LogP contribution in [0.2, 0.25) is 0 Å². The molecule has 0 spiro atoms. The van der Waals surface area contributed by atoms with Crippen molar-refractivity contribution in [3.05, 3.63) is 68.6 Å². The maximum atomic E-state index is 12.6. The summed E-state index contributed by atoms with van der Waals surface area (Å²) in [7, 11) is 0. The fourth-order valence-corrected chi connectivity index (χ4v) is 3.27. The van der Waals surface area contributed by atoms with E-state index >= 15 is 0 Å². The molecule has 29 heavy (non-hydrogen) atoms. The number of nitrogens with zero attached hydrogens (tertiary/aromatic N) is 4. The van der Waals surface area contributed by atoms with Gasteiger partial charge in [-0.2, -0.15) is 0 Å². The van der Waals surface area contributed by atoms with E-state index in [1.165, 1.54) is 13.8 Å². The molecule has 0 saturated heterocycles. The summed E-state index contributed by atoms with van der Waals surface area (Å²) in [6.45, 7) is 2.02. The molecule has 0 bridgehead atoms. The predicted octanol–water partition coefficient (Wildman–Crippen LogP) is -0.0593. The third-order valence-corrected chi connectivity index (χ3v) is 4.63. The van der Waals surface area contributed by atoms with Gasteiger partial charge in [0.2, 0.25) is 0 Å². The Kier molecular flexibility index (Phi) is 4.97. The summed E-state index contributed by atoms with van der Waals surface area (Å²) in [5.74, 6) is 0. The molecule has 13 heteroatoms. The Morgan fingerprint density at radius 3 is 1.62 bits per heavy atom. The highest BCUT2D eigenvalue weighted by molar-refractivity contribution is 5.97. The van der Waals surface area contributed by atoms with E-state index in [0.717, 1.165) is 21.3 Å². The fourth-order valence-electron chi connectivity index (χ4n) is 3.27. The van der Waals surface area contributed by atoms with Crippen LogP contribution in [-0.2, 0) is 9.68 Å². The van der Waals surface area contributed by atoms with E-state index in [0.29, 0.717) is 0 Å². The average Bonchev–Trinajstić information content (AvgIpc) is 3.07. The molecule has 3 aromatic rings. The summed E-state index contributed by atoms with van der Waals surface area (Å²) >= 11 is 0. The third kappa shape index (κ3) is 3.15. The van der Waals surface area contributed by atoms with Crippen molar-refractivity contribution in [2.45, 2.75) is 25.9 Å². The Morgan fingerprint density at radius 2 is 1.28 bits per heavy atom. The van der Waals surface area contributed by atoms with Crippen molar-refractivity contribution < 1.29 is 14.8 Å². The first-order valence-electron chi connectivity index (χ1n) is 8.34. The van der Waals surface area contributed by atoms with Crippen LogP contribution in [0.15, 0.2) is 36.7 Å². The molecule has 152 valence electrons. The number of aromatic nitrogens is 2. The lowest BCUT2D eigenvalue weighted by atomic mass is 10.1. The maximum absolute atomic E-state index is 12.6. The van der Waals surface area contributed by atoms with Gasteiger partial charge in [-0.3, -0.25) is 28.3 Å². The zero-order valence-electron chi connectivity index (χ0n) is 15.2. The van der Waals surface area contributed by atoms with Gasteiger partial charge in [0.15, 0.2) is 5.34 Å². The number of hydrogen-bond acceptors (Lipinski definition) is 10. The van der Waals surface area contributed by atoms with Crippen LogP contribution in [0.5, 0.6) is 0 Å². The minimum Gasteiger partial charge on any atom is -0.362 e. The molecule has 2 unspecified atom stereocenters. The van der Waals surface area contributed by atoms with E-state index < -0.39 is 46.0 Å². The van der Waals surface area contributed by atoms with Crippen LogP contribution in [0.4, 0.5) is 0 Å². The second-order valence-corrected chi connectivity index (χ2v) is 6.49. The lowest BCUT2D eigenvalue weighted by Crippen LogP contribution is -2.31. The van der Waals surface area contributed by atoms with E-state index in [4.69, 9.17) is 0 Å². The van der Waals surface area contributed by atoms with Crippen molar-refractivity contribution >= 4 is 21.5 Å². The summed E-state index contributed by atoms with van der Waals surface area (Å²) in [4.78, 5) is 79.5. The number of fused-ring (bicyclic) bond motifs is 2. The van der Waals surface area contributed by atoms with Crippen LogP contribution in [0.3, 0.4) is 0 Å². The smallest absolute Gasteiger partial charge is 0.294 e. The van der Waals surface area contributed by atoms with Crippen LogP contribution >= 0.6 is 0 Å². The molecule has 2 aromatic heterocycles. The van der Waals surface area contributed by atoms with Crippen LogP contribution in [0, 0.1) is 15.0 Å². The van der Waals surface area contributed by atoms with Crippen LogP contribution in [0.1, 0.15) is 25.9 Å². The summed E-state index contributed by atoms with van der Waals surface area (Å²) < 4.78 is 1.63. The van der Waals surface area contributed by atoms with Gasteiger partial charge in [0, 0.05) is 0 Å². The monoisotopic (exact) mass is 406 g/mol. The normalized spacial score (nSPS) is 13.4. The molecule has 0 aliphatic heterocycles. The second kappa shape index (κ2) is 7.26. The van der Waals surface area contributed by atoms with Crippen molar-refractivity contribution in [1.82, 2.24) is 9.13 Å². The number of benzene rings is 1. The van der Waals surface area contributed by atoms with E-state index in [9.17, 15) is 34.2 Å². The van der Waals surface area contributed by atoms with Crippen LogP contribution < -0.4 is 22.2 Å². The van der Waals surface area contributed by atoms with Crippen LogP contribution in [0.25, 0.3) is 21.5 Å². The van der Waals surface area contributed by atoms with Gasteiger partial charge in [0.1, 0.15) is 13.2 Å². The molecule has 0 amide bonds. The first-order chi connectivity index (χ1) is 13.7. The quantitative estimate of drug-likeness (QED) is 0.282. The Morgan fingerprint density at radius 1 is 0.897 bits per heavy atom. The SMILES string of the molecule is CC(CON=O)n1c(=O)c2cc3c(=O)n(C(C)CO[N+](=O)[O-])c(=O)c3cc2c1=O. The summed E-state index contributed by atoms with van der Waals surface area (Å²) in [6.07, 6.45) is 0. The van der Waals surface area contributed by atoms with E-state index in [2.05, 4.69) is 15.0 Å². The lowest BCUT2D eigenvalue weighted by Gasteiger charge is -2.09. The Labute approximate surface area is 159 Å². The topological polar surface area (TPSA) is 169 Å². The highest BCUT2D eigenvalue weighted by atomic mass is 16.9.